The van der Waals surface area contributed by atoms with Crippen molar-refractivity contribution in [1.29, 1.82) is 0 Å². The maximum Gasteiger partial charge on any atom is 0.00952 e. The van der Waals surface area contributed by atoms with Gasteiger partial charge in [-0.15, -0.1) is 12.3 Å². The lowest BCUT2D eigenvalue weighted by molar-refractivity contribution is 0.379. The van der Waals surface area contributed by atoms with Crippen LogP contribution in [0, 0.1) is 18.3 Å². The minimum absolute atomic E-state index is 0.780. The van der Waals surface area contributed by atoms with Gasteiger partial charge in [-0.05, 0) is 38.1 Å². The van der Waals surface area contributed by atoms with Gasteiger partial charge in [0, 0.05) is 12.5 Å². The molecule has 0 aromatic heterocycles. The van der Waals surface area contributed by atoms with Gasteiger partial charge in [0.05, 0.1) is 0 Å². The summed E-state index contributed by atoms with van der Waals surface area (Å²) in [6.45, 7) is 3.30. The van der Waals surface area contributed by atoms with Crippen LogP contribution in [0.2, 0.25) is 0 Å². The van der Waals surface area contributed by atoms with Crippen molar-refractivity contribution >= 4 is 0 Å². The predicted molar refractivity (Wildman–Crippen MR) is 57.5 cm³/mol. The summed E-state index contributed by atoms with van der Waals surface area (Å²) in [7, 11) is 0. The van der Waals surface area contributed by atoms with Gasteiger partial charge in [-0.1, -0.05) is 13.3 Å². The predicted octanol–water partition coefficient (Wildman–Crippen LogP) is 2.57. The van der Waals surface area contributed by atoms with Crippen LogP contribution in [0.1, 0.15) is 45.4 Å². The SMILES string of the molecule is C#CCCCC1CCCC1NCC. The third-order valence-electron chi connectivity index (χ3n) is 3.02. The van der Waals surface area contributed by atoms with E-state index in [0.717, 1.165) is 24.9 Å². The van der Waals surface area contributed by atoms with E-state index < -0.39 is 0 Å². The third-order valence-corrected chi connectivity index (χ3v) is 3.02. The molecule has 1 fully saturated rings. The molecule has 1 rings (SSSR count). The van der Waals surface area contributed by atoms with Gasteiger partial charge < -0.3 is 5.32 Å². The zero-order valence-corrected chi connectivity index (χ0v) is 8.68. The van der Waals surface area contributed by atoms with E-state index in [0.29, 0.717) is 0 Å². The second kappa shape index (κ2) is 6.05. The largest absolute Gasteiger partial charge is 0.314 e. The number of unbranched alkanes of at least 4 members (excludes halogenated alkanes) is 1. The highest BCUT2D eigenvalue weighted by molar-refractivity contribution is 4.86. The molecule has 0 amide bonds. The van der Waals surface area contributed by atoms with E-state index in [-0.39, 0.29) is 0 Å². The molecule has 1 aliphatic rings. The van der Waals surface area contributed by atoms with E-state index in [2.05, 4.69) is 18.2 Å². The fourth-order valence-corrected chi connectivity index (χ4v) is 2.38. The van der Waals surface area contributed by atoms with Crippen LogP contribution in [-0.4, -0.2) is 12.6 Å². The van der Waals surface area contributed by atoms with Crippen molar-refractivity contribution in [3.05, 3.63) is 0 Å². The molecule has 0 spiro atoms. The molecule has 1 saturated carbocycles. The molecule has 2 atom stereocenters. The van der Waals surface area contributed by atoms with Crippen LogP contribution in [0.15, 0.2) is 0 Å². The van der Waals surface area contributed by atoms with Gasteiger partial charge in [-0.2, -0.15) is 0 Å². The van der Waals surface area contributed by atoms with Crippen LogP contribution in [0.5, 0.6) is 0 Å². The second-order valence-electron chi connectivity index (χ2n) is 3.95. The van der Waals surface area contributed by atoms with Crippen molar-refractivity contribution in [2.75, 3.05) is 6.54 Å². The number of terminal acetylenes is 1. The highest BCUT2D eigenvalue weighted by atomic mass is 14.9. The van der Waals surface area contributed by atoms with E-state index in [4.69, 9.17) is 6.42 Å². The molecule has 1 N–H and O–H groups in total. The summed E-state index contributed by atoms with van der Waals surface area (Å²) in [4.78, 5) is 0. The quantitative estimate of drug-likeness (QED) is 0.505. The minimum Gasteiger partial charge on any atom is -0.314 e. The van der Waals surface area contributed by atoms with Crippen molar-refractivity contribution in [3.63, 3.8) is 0 Å². The minimum atomic E-state index is 0.780. The van der Waals surface area contributed by atoms with Gasteiger partial charge in [-0.3, -0.25) is 0 Å². The fourth-order valence-electron chi connectivity index (χ4n) is 2.38. The number of nitrogens with one attached hydrogen (secondary N) is 1. The molecule has 1 aliphatic carbocycles. The van der Waals surface area contributed by atoms with Crippen molar-refractivity contribution < 1.29 is 0 Å². The van der Waals surface area contributed by atoms with Crippen LogP contribution < -0.4 is 5.32 Å². The maximum absolute atomic E-state index is 5.24. The van der Waals surface area contributed by atoms with Gasteiger partial charge in [0.2, 0.25) is 0 Å². The Hall–Kier alpha value is -0.480. The molecule has 2 unspecified atom stereocenters. The van der Waals surface area contributed by atoms with Crippen molar-refractivity contribution in [3.8, 4) is 12.3 Å². The summed E-state index contributed by atoms with van der Waals surface area (Å²) in [6.07, 6.45) is 12.9. The second-order valence-corrected chi connectivity index (χ2v) is 3.95. The van der Waals surface area contributed by atoms with E-state index in [9.17, 15) is 0 Å². The topological polar surface area (TPSA) is 12.0 Å². The molecule has 13 heavy (non-hydrogen) atoms. The van der Waals surface area contributed by atoms with Crippen LogP contribution in [-0.2, 0) is 0 Å². The Bertz CT molecular complexity index is 168. The molecule has 0 aromatic rings. The summed E-state index contributed by atoms with van der Waals surface area (Å²) in [5.74, 6) is 3.61. The molecular formula is C12H21N. The van der Waals surface area contributed by atoms with Gasteiger partial charge >= 0.3 is 0 Å². The van der Waals surface area contributed by atoms with Crippen LogP contribution in [0.4, 0.5) is 0 Å². The summed E-state index contributed by atoms with van der Waals surface area (Å²) in [5.41, 5.74) is 0. The smallest absolute Gasteiger partial charge is 0.00952 e. The first-order valence-corrected chi connectivity index (χ1v) is 5.55. The monoisotopic (exact) mass is 179 g/mol. The standard InChI is InChI=1S/C12H21N/c1-3-5-6-8-11-9-7-10-12(11)13-4-2/h1,11-13H,4-10H2,2H3. The average molecular weight is 179 g/mol. The Labute approximate surface area is 82.3 Å². The lowest BCUT2D eigenvalue weighted by Gasteiger charge is -2.19. The maximum atomic E-state index is 5.24. The normalized spacial score (nSPS) is 27.4. The first-order chi connectivity index (χ1) is 6.38. The first kappa shape index (κ1) is 10.6. The molecule has 0 radical (unpaired) electrons. The molecule has 0 heterocycles. The van der Waals surface area contributed by atoms with Crippen LogP contribution in [0.3, 0.4) is 0 Å². The molecule has 0 saturated heterocycles. The molecule has 74 valence electrons. The van der Waals surface area contributed by atoms with Crippen LogP contribution in [0.25, 0.3) is 0 Å². The summed E-state index contributed by atoms with van der Waals surface area (Å²) >= 11 is 0. The highest BCUT2D eigenvalue weighted by Crippen LogP contribution is 2.29. The molecule has 0 bridgehead atoms. The molecule has 0 aromatic carbocycles. The molecule has 1 nitrogen and oxygen atoms in total. The Morgan fingerprint density at radius 3 is 3.00 bits per heavy atom. The Balaban J connectivity index is 2.19. The lowest BCUT2D eigenvalue weighted by Crippen LogP contribution is -2.32. The lowest BCUT2D eigenvalue weighted by atomic mass is 9.97. The number of hydrogen-bond acceptors (Lipinski definition) is 1. The van der Waals surface area contributed by atoms with Gasteiger partial charge in [-0.25, -0.2) is 0 Å². The van der Waals surface area contributed by atoms with Crippen LogP contribution >= 0.6 is 0 Å². The van der Waals surface area contributed by atoms with E-state index >= 15 is 0 Å². The summed E-state index contributed by atoms with van der Waals surface area (Å²) in [5, 5.41) is 3.57. The molecule has 1 heteroatoms. The Morgan fingerprint density at radius 1 is 1.46 bits per heavy atom. The van der Waals surface area contributed by atoms with Crippen molar-refractivity contribution in [1.82, 2.24) is 5.32 Å². The first-order valence-electron chi connectivity index (χ1n) is 5.55. The molecular weight excluding hydrogens is 158 g/mol. The zero-order chi connectivity index (χ0) is 9.52. The Morgan fingerprint density at radius 2 is 2.31 bits per heavy atom. The van der Waals surface area contributed by atoms with Gasteiger partial charge in [0.1, 0.15) is 0 Å². The number of hydrogen-bond donors (Lipinski definition) is 1. The van der Waals surface area contributed by atoms with E-state index in [1.54, 1.807) is 0 Å². The number of rotatable bonds is 5. The Kier molecular flexibility index (Phi) is 4.93. The zero-order valence-electron chi connectivity index (χ0n) is 8.68. The highest BCUT2D eigenvalue weighted by Gasteiger charge is 2.25. The fraction of sp³-hybridized carbons (Fsp3) is 0.833. The van der Waals surface area contributed by atoms with Crippen molar-refractivity contribution in [2.24, 2.45) is 5.92 Å². The van der Waals surface area contributed by atoms with Gasteiger partial charge in [0.25, 0.3) is 0 Å². The van der Waals surface area contributed by atoms with E-state index in [1.165, 1.54) is 32.1 Å². The third kappa shape index (κ3) is 3.40. The average Bonchev–Trinajstić information content (AvgIpc) is 2.54. The van der Waals surface area contributed by atoms with Crippen molar-refractivity contribution in [2.45, 2.75) is 51.5 Å². The molecule has 0 aliphatic heterocycles. The van der Waals surface area contributed by atoms with Gasteiger partial charge in [0.15, 0.2) is 0 Å². The summed E-state index contributed by atoms with van der Waals surface area (Å²) < 4.78 is 0. The van der Waals surface area contributed by atoms with E-state index in [1.807, 2.05) is 0 Å². The summed E-state index contributed by atoms with van der Waals surface area (Å²) in [6, 6.07) is 0.780.